The van der Waals surface area contributed by atoms with Gasteiger partial charge in [0, 0.05) is 28.2 Å². The number of halogens is 2. The zero-order chi connectivity index (χ0) is 15.4. The molecule has 21 heavy (non-hydrogen) atoms. The highest BCUT2D eigenvalue weighted by molar-refractivity contribution is 6.37. The monoisotopic (exact) mass is 327 g/mol. The van der Waals surface area contributed by atoms with Crippen LogP contribution >= 0.6 is 23.2 Å². The lowest BCUT2D eigenvalue weighted by molar-refractivity contribution is -0.150. The summed E-state index contributed by atoms with van der Waals surface area (Å²) in [6.07, 6.45) is 4.98. The number of amides is 1. The Morgan fingerprint density at radius 3 is 2.52 bits per heavy atom. The lowest BCUT2D eigenvalue weighted by Crippen LogP contribution is -2.47. The highest BCUT2D eigenvalue weighted by Gasteiger charge is 2.30. The topological polar surface area (TPSA) is 57.6 Å². The van der Waals surface area contributed by atoms with Crippen LogP contribution in [0.15, 0.2) is 24.3 Å². The van der Waals surface area contributed by atoms with Gasteiger partial charge in [0.1, 0.15) is 6.04 Å². The second-order valence-electron chi connectivity index (χ2n) is 4.85. The standard InChI is InChI=1S/C15H15Cl2NO3/c16-11-4-3-5-12(17)10(11)7-8-14(19)18-9-2-1-6-13(18)15(20)21/h3-5,7-8,13H,1-2,6,9H2,(H,20,21)/b8-7+. The molecule has 0 bridgehead atoms. The second-order valence-corrected chi connectivity index (χ2v) is 5.66. The Balaban J connectivity index is 2.16. The fourth-order valence-electron chi connectivity index (χ4n) is 2.37. The molecule has 1 N–H and O–H groups in total. The molecule has 2 rings (SSSR count). The molecule has 1 fully saturated rings. The van der Waals surface area contributed by atoms with E-state index in [1.165, 1.54) is 17.1 Å². The maximum absolute atomic E-state index is 12.2. The molecule has 0 aliphatic carbocycles. The van der Waals surface area contributed by atoms with E-state index in [0.717, 1.165) is 12.8 Å². The van der Waals surface area contributed by atoms with Crippen molar-refractivity contribution in [2.45, 2.75) is 25.3 Å². The molecule has 1 unspecified atom stereocenters. The van der Waals surface area contributed by atoms with Crippen molar-refractivity contribution in [1.29, 1.82) is 0 Å². The molecular formula is C15H15Cl2NO3. The zero-order valence-corrected chi connectivity index (χ0v) is 12.8. The van der Waals surface area contributed by atoms with Gasteiger partial charge in [0.25, 0.3) is 0 Å². The first kappa shape index (κ1) is 15.9. The lowest BCUT2D eigenvalue weighted by atomic mass is 10.0. The summed E-state index contributed by atoms with van der Waals surface area (Å²) in [4.78, 5) is 24.8. The number of hydrogen-bond donors (Lipinski definition) is 1. The first-order valence-corrected chi connectivity index (χ1v) is 7.42. The van der Waals surface area contributed by atoms with Gasteiger partial charge in [0.15, 0.2) is 0 Å². The van der Waals surface area contributed by atoms with Crippen LogP contribution in [0.5, 0.6) is 0 Å². The van der Waals surface area contributed by atoms with E-state index in [-0.39, 0.29) is 5.91 Å². The van der Waals surface area contributed by atoms with Gasteiger partial charge in [-0.3, -0.25) is 4.79 Å². The molecule has 1 aliphatic rings. The Hall–Kier alpha value is -1.52. The third-order valence-electron chi connectivity index (χ3n) is 3.46. The number of nitrogens with zero attached hydrogens (tertiary/aromatic N) is 1. The third kappa shape index (κ3) is 3.77. The Morgan fingerprint density at radius 1 is 1.24 bits per heavy atom. The van der Waals surface area contributed by atoms with Gasteiger partial charge in [-0.2, -0.15) is 0 Å². The van der Waals surface area contributed by atoms with Gasteiger partial charge in [0.2, 0.25) is 5.91 Å². The van der Waals surface area contributed by atoms with E-state index in [4.69, 9.17) is 23.2 Å². The summed E-state index contributed by atoms with van der Waals surface area (Å²) >= 11 is 12.0. The van der Waals surface area contributed by atoms with Crippen molar-refractivity contribution in [2.24, 2.45) is 0 Å². The smallest absolute Gasteiger partial charge is 0.326 e. The van der Waals surface area contributed by atoms with Gasteiger partial charge in [-0.1, -0.05) is 29.3 Å². The normalized spacial score (nSPS) is 19.0. The van der Waals surface area contributed by atoms with Crippen molar-refractivity contribution in [3.63, 3.8) is 0 Å². The van der Waals surface area contributed by atoms with Crippen LogP contribution in [-0.2, 0) is 9.59 Å². The molecule has 0 aromatic heterocycles. The van der Waals surface area contributed by atoms with Gasteiger partial charge in [-0.15, -0.1) is 0 Å². The fourth-order valence-corrected chi connectivity index (χ4v) is 2.90. The maximum Gasteiger partial charge on any atom is 0.326 e. The molecule has 0 radical (unpaired) electrons. The summed E-state index contributed by atoms with van der Waals surface area (Å²) in [5.41, 5.74) is 0.554. The van der Waals surface area contributed by atoms with Crippen LogP contribution in [0.2, 0.25) is 10.0 Å². The Bertz CT molecular complexity index is 566. The molecule has 1 aromatic carbocycles. The molecular weight excluding hydrogens is 313 g/mol. The molecule has 112 valence electrons. The summed E-state index contributed by atoms with van der Waals surface area (Å²) in [6, 6.07) is 4.32. The van der Waals surface area contributed by atoms with E-state index in [9.17, 15) is 14.7 Å². The number of carbonyl (C=O) groups excluding carboxylic acids is 1. The number of likely N-dealkylation sites (tertiary alicyclic amines) is 1. The second kappa shape index (κ2) is 6.96. The Labute approximate surface area is 133 Å². The molecule has 1 atom stereocenters. The van der Waals surface area contributed by atoms with Crippen molar-refractivity contribution in [1.82, 2.24) is 4.90 Å². The Morgan fingerprint density at radius 2 is 1.90 bits per heavy atom. The zero-order valence-electron chi connectivity index (χ0n) is 11.3. The van der Waals surface area contributed by atoms with Crippen LogP contribution < -0.4 is 0 Å². The average Bonchev–Trinajstić information content (AvgIpc) is 2.46. The number of benzene rings is 1. The van der Waals surface area contributed by atoms with Crippen LogP contribution in [0.4, 0.5) is 0 Å². The van der Waals surface area contributed by atoms with Crippen molar-refractivity contribution in [2.75, 3.05) is 6.54 Å². The van der Waals surface area contributed by atoms with Crippen molar-refractivity contribution >= 4 is 41.2 Å². The minimum Gasteiger partial charge on any atom is -0.480 e. The number of aliphatic carboxylic acids is 1. The molecule has 6 heteroatoms. The highest BCUT2D eigenvalue weighted by Crippen LogP contribution is 2.26. The molecule has 1 amide bonds. The van der Waals surface area contributed by atoms with E-state index in [1.54, 1.807) is 18.2 Å². The van der Waals surface area contributed by atoms with Crippen molar-refractivity contribution in [3.05, 3.63) is 39.9 Å². The van der Waals surface area contributed by atoms with Gasteiger partial charge in [0.05, 0.1) is 0 Å². The molecule has 1 saturated heterocycles. The lowest BCUT2D eigenvalue weighted by Gasteiger charge is -2.32. The van der Waals surface area contributed by atoms with Gasteiger partial charge < -0.3 is 10.0 Å². The minimum atomic E-state index is -0.966. The van der Waals surface area contributed by atoms with E-state index in [1.807, 2.05) is 0 Å². The maximum atomic E-state index is 12.2. The Kier molecular flexibility index (Phi) is 5.26. The SMILES string of the molecule is O=C(O)C1CCCCN1C(=O)/C=C/c1c(Cl)cccc1Cl. The molecule has 4 nitrogen and oxygen atoms in total. The van der Waals surface area contributed by atoms with Crippen molar-refractivity contribution < 1.29 is 14.7 Å². The predicted molar refractivity (Wildman–Crippen MR) is 82.5 cm³/mol. The number of hydrogen-bond acceptors (Lipinski definition) is 2. The summed E-state index contributed by atoms with van der Waals surface area (Å²) in [6.45, 7) is 0.455. The first-order valence-electron chi connectivity index (χ1n) is 6.66. The number of carboxylic acids is 1. The van der Waals surface area contributed by atoms with Crippen molar-refractivity contribution in [3.8, 4) is 0 Å². The van der Waals surface area contributed by atoms with Gasteiger partial charge in [-0.05, 0) is 37.5 Å². The van der Waals surface area contributed by atoms with E-state index < -0.39 is 12.0 Å². The molecule has 1 aromatic rings. The van der Waals surface area contributed by atoms with Crippen LogP contribution in [0.25, 0.3) is 6.08 Å². The van der Waals surface area contributed by atoms with E-state index in [0.29, 0.717) is 28.6 Å². The average molecular weight is 328 g/mol. The summed E-state index contributed by atoms with van der Waals surface area (Å²) in [5.74, 6) is -1.30. The molecule has 1 aliphatic heterocycles. The van der Waals surface area contributed by atoms with E-state index in [2.05, 4.69) is 0 Å². The first-order chi connectivity index (χ1) is 10.0. The number of rotatable bonds is 3. The fraction of sp³-hybridized carbons (Fsp3) is 0.333. The summed E-state index contributed by atoms with van der Waals surface area (Å²) < 4.78 is 0. The molecule has 1 heterocycles. The van der Waals surface area contributed by atoms with E-state index >= 15 is 0 Å². The van der Waals surface area contributed by atoms with Crippen LogP contribution in [0, 0.1) is 0 Å². The number of piperidine rings is 1. The van der Waals surface area contributed by atoms with Gasteiger partial charge in [-0.25, -0.2) is 4.79 Å². The molecule has 0 spiro atoms. The predicted octanol–water partition coefficient (Wildman–Crippen LogP) is 3.47. The number of carbonyl (C=O) groups is 2. The quantitative estimate of drug-likeness (QED) is 0.865. The van der Waals surface area contributed by atoms with Crippen LogP contribution in [-0.4, -0.2) is 34.5 Å². The van der Waals surface area contributed by atoms with Gasteiger partial charge >= 0.3 is 5.97 Å². The summed E-state index contributed by atoms with van der Waals surface area (Å²) in [5, 5.41) is 10.1. The van der Waals surface area contributed by atoms with Crippen LogP contribution in [0.1, 0.15) is 24.8 Å². The largest absolute Gasteiger partial charge is 0.480 e. The molecule has 0 saturated carbocycles. The summed E-state index contributed by atoms with van der Waals surface area (Å²) in [7, 11) is 0. The minimum absolute atomic E-state index is 0.335. The highest BCUT2D eigenvalue weighted by atomic mass is 35.5. The third-order valence-corrected chi connectivity index (χ3v) is 4.12. The number of carboxylic acid groups (broad SMARTS) is 1. The van der Waals surface area contributed by atoms with Crippen LogP contribution in [0.3, 0.4) is 0 Å².